The summed E-state index contributed by atoms with van der Waals surface area (Å²) in [5, 5.41) is 2.45. The fraction of sp³-hybridized carbons (Fsp3) is 0.364. The topological polar surface area (TPSA) is 64.1 Å². The SMILES string of the molecule is C#Cc1nc(Br)cnc1NC(=O)OC(C)(C)C. The van der Waals surface area contributed by atoms with Crippen molar-refractivity contribution >= 4 is 27.8 Å². The van der Waals surface area contributed by atoms with Crippen molar-refractivity contribution in [1.29, 1.82) is 0 Å². The number of aromatic nitrogens is 2. The number of rotatable bonds is 1. The minimum absolute atomic E-state index is 0.199. The maximum atomic E-state index is 11.5. The Morgan fingerprint density at radius 1 is 1.59 bits per heavy atom. The number of nitrogens with zero attached hydrogens (tertiary/aromatic N) is 2. The van der Waals surface area contributed by atoms with Crippen molar-refractivity contribution in [2.24, 2.45) is 0 Å². The summed E-state index contributed by atoms with van der Waals surface area (Å²) in [5.74, 6) is 2.53. The summed E-state index contributed by atoms with van der Waals surface area (Å²) in [6.07, 6.45) is 6.08. The predicted molar refractivity (Wildman–Crippen MR) is 67.5 cm³/mol. The molecule has 0 aromatic carbocycles. The number of carbonyl (C=O) groups excluding carboxylic acids is 1. The van der Waals surface area contributed by atoms with Crippen molar-refractivity contribution in [2.75, 3.05) is 5.32 Å². The number of carbonyl (C=O) groups is 1. The van der Waals surface area contributed by atoms with E-state index in [1.54, 1.807) is 20.8 Å². The number of hydrogen-bond acceptors (Lipinski definition) is 4. The molecule has 17 heavy (non-hydrogen) atoms. The van der Waals surface area contributed by atoms with Crippen LogP contribution in [0.1, 0.15) is 26.5 Å². The van der Waals surface area contributed by atoms with E-state index in [2.05, 4.69) is 37.1 Å². The van der Waals surface area contributed by atoms with Gasteiger partial charge in [-0.15, -0.1) is 6.42 Å². The lowest BCUT2D eigenvalue weighted by molar-refractivity contribution is 0.0635. The standard InChI is InChI=1S/C11H12BrN3O2/c1-5-7-9(13-6-8(12)14-7)15-10(16)17-11(2,3)4/h1,6H,2-4H3,(H,13,15,16). The lowest BCUT2D eigenvalue weighted by atomic mass is 10.2. The van der Waals surface area contributed by atoms with Gasteiger partial charge in [0.15, 0.2) is 11.5 Å². The number of terminal acetylenes is 1. The molecule has 0 saturated carbocycles. The molecule has 0 aliphatic heterocycles. The first kappa shape index (κ1) is 13.5. The van der Waals surface area contributed by atoms with Gasteiger partial charge in [-0.1, -0.05) is 0 Å². The van der Waals surface area contributed by atoms with Gasteiger partial charge in [0.2, 0.25) is 0 Å². The summed E-state index contributed by atoms with van der Waals surface area (Å²) in [5.41, 5.74) is -0.339. The van der Waals surface area contributed by atoms with Crippen molar-refractivity contribution in [3.05, 3.63) is 16.5 Å². The zero-order chi connectivity index (χ0) is 13.1. The predicted octanol–water partition coefficient (Wildman–Crippen LogP) is 2.57. The van der Waals surface area contributed by atoms with Gasteiger partial charge in [-0.25, -0.2) is 14.8 Å². The molecule has 1 N–H and O–H groups in total. The third-order valence-corrected chi connectivity index (χ3v) is 1.88. The Balaban J connectivity index is 2.83. The summed E-state index contributed by atoms with van der Waals surface area (Å²) < 4.78 is 5.57. The fourth-order valence-corrected chi connectivity index (χ4v) is 1.24. The molecule has 5 nitrogen and oxygen atoms in total. The van der Waals surface area contributed by atoms with Crippen LogP contribution in [0.2, 0.25) is 0 Å². The van der Waals surface area contributed by atoms with Crippen molar-refractivity contribution in [1.82, 2.24) is 9.97 Å². The zero-order valence-electron chi connectivity index (χ0n) is 9.74. The van der Waals surface area contributed by atoms with Gasteiger partial charge in [-0.3, -0.25) is 5.32 Å². The maximum Gasteiger partial charge on any atom is 0.413 e. The van der Waals surface area contributed by atoms with Gasteiger partial charge in [0.25, 0.3) is 0 Å². The van der Waals surface area contributed by atoms with E-state index in [-0.39, 0.29) is 11.5 Å². The first-order valence-corrected chi connectivity index (χ1v) is 5.60. The van der Waals surface area contributed by atoms with E-state index in [0.29, 0.717) is 4.60 Å². The Morgan fingerprint density at radius 2 is 2.24 bits per heavy atom. The maximum absolute atomic E-state index is 11.5. The third-order valence-electron chi connectivity index (χ3n) is 1.50. The van der Waals surface area contributed by atoms with E-state index in [9.17, 15) is 4.79 Å². The van der Waals surface area contributed by atoms with Crippen LogP contribution < -0.4 is 5.32 Å². The molecule has 1 aromatic rings. The normalized spacial score (nSPS) is 10.5. The Morgan fingerprint density at radius 3 is 2.76 bits per heavy atom. The van der Waals surface area contributed by atoms with Crippen LogP contribution in [0, 0.1) is 12.3 Å². The zero-order valence-corrected chi connectivity index (χ0v) is 11.3. The van der Waals surface area contributed by atoms with E-state index < -0.39 is 11.7 Å². The van der Waals surface area contributed by atoms with Gasteiger partial charge >= 0.3 is 6.09 Å². The Labute approximate surface area is 108 Å². The highest BCUT2D eigenvalue weighted by atomic mass is 79.9. The van der Waals surface area contributed by atoms with Gasteiger partial charge in [-0.05, 0) is 42.6 Å². The van der Waals surface area contributed by atoms with Crippen LogP contribution in [0.25, 0.3) is 0 Å². The highest BCUT2D eigenvalue weighted by Crippen LogP contribution is 2.14. The second-order valence-electron chi connectivity index (χ2n) is 4.16. The number of ether oxygens (including phenoxy) is 1. The van der Waals surface area contributed by atoms with E-state index in [4.69, 9.17) is 11.2 Å². The molecule has 0 unspecified atom stereocenters. The monoisotopic (exact) mass is 297 g/mol. The van der Waals surface area contributed by atoms with Crippen molar-refractivity contribution < 1.29 is 9.53 Å². The molecule has 0 spiro atoms. The van der Waals surface area contributed by atoms with E-state index in [0.717, 1.165) is 0 Å². The van der Waals surface area contributed by atoms with Crippen LogP contribution in [-0.2, 0) is 4.74 Å². The molecule has 0 atom stereocenters. The van der Waals surface area contributed by atoms with Crippen LogP contribution in [0.4, 0.5) is 10.6 Å². The molecule has 0 bridgehead atoms. The first-order valence-electron chi connectivity index (χ1n) is 4.81. The minimum Gasteiger partial charge on any atom is -0.444 e. The minimum atomic E-state index is -0.620. The lowest BCUT2D eigenvalue weighted by Gasteiger charge is -2.19. The Kier molecular flexibility index (Phi) is 4.07. The number of hydrogen-bond donors (Lipinski definition) is 1. The van der Waals surface area contributed by atoms with Crippen molar-refractivity contribution in [3.8, 4) is 12.3 Å². The van der Waals surface area contributed by atoms with Gasteiger partial charge in [0.05, 0.1) is 6.20 Å². The molecule has 1 amide bonds. The summed E-state index contributed by atoms with van der Waals surface area (Å²) in [6, 6.07) is 0. The fourth-order valence-electron chi connectivity index (χ4n) is 0.960. The molecular weight excluding hydrogens is 286 g/mol. The molecule has 90 valence electrons. The first-order chi connectivity index (χ1) is 7.81. The van der Waals surface area contributed by atoms with Crippen LogP contribution in [0.3, 0.4) is 0 Å². The summed E-state index contributed by atoms with van der Waals surface area (Å²) in [7, 11) is 0. The van der Waals surface area contributed by atoms with Crippen molar-refractivity contribution in [3.63, 3.8) is 0 Å². The van der Waals surface area contributed by atoms with E-state index in [1.807, 2.05) is 0 Å². The second kappa shape index (κ2) is 5.15. The van der Waals surface area contributed by atoms with Gasteiger partial charge in [-0.2, -0.15) is 0 Å². The van der Waals surface area contributed by atoms with Crippen molar-refractivity contribution in [2.45, 2.75) is 26.4 Å². The molecule has 1 aromatic heterocycles. The molecule has 0 aliphatic rings. The number of anilines is 1. The average molecular weight is 298 g/mol. The van der Waals surface area contributed by atoms with Gasteiger partial charge < -0.3 is 4.74 Å². The second-order valence-corrected chi connectivity index (χ2v) is 4.97. The van der Waals surface area contributed by atoms with Gasteiger partial charge in [0, 0.05) is 0 Å². The summed E-state index contributed by atoms with van der Waals surface area (Å²) in [4.78, 5) is 19.4. The molecule has 0 fully saturated rings. The van der Waals surface area contributed by atoms with E-state index in [1.165, 1.54) is 6.20 Å². The smallest absolute Gasteiger partial charge is 0.413 e. The van der Waals surface area contributed by atoms with Crippen LogP contribution in [0.5, 0.6) is 0 Å². The van der Waals surface area contributed by atoms with Crippen LogP contribution in [-0.4, -0.2) is 21.7 Å². The molecule has 1 rings (SSSR count). The third kappa shape index (κ3) is 4.41. The summed E-state index contributed by atoms with van der Waals surface area (Å²) >= 11 is 3.14. The van der Waals surface area contributed by atoms with Crippen LogP contribution in [0.15, 0.2) is 10.8 Å². The Bertz CT molecular complexity index is 475. The highest BCUT2D eigenvalue weighted by molar-refractivity contribution is 9.10. The van der Waals surface area contributed by atoms with E-state index >= 15 is 0 Å². The average Bonchev–Trinajstić information content (AvgIpc) is 2.17. The molecule has 6 heteroatoms. The number of amides is 1. The number of nitrogens with one attached hydrogen (secondary N) is 1. The number of halogens is 1. The molecule has 0 aliphatic carbocycles. The molecular formula is C11H12BrN3O2. The molecule has 1 heterocycles. The quantitative estimate of drug-likeness (QED) is 0.809. The lowest BCUT2D eigenvalue weighted by Crippen LogP contribution is -2.27. The highest BCUT2D eigenvalue weighted by Gasteiger charge is 2.17. The molecule has 0 saturated heterocycles. The van der Waals surface area contributed by atoms with Gasteiger partial charge in [0.1, 0.15) is 10.2 Å². The van der Waals surface area contributed by atoms with Crippen LogP contribution >= 0.6 is 15.9 Å². The molecule has 0 radical (unpaired) electrons. The summed E-state index contributed by atoms with van der Waals surface area (Å²) in [6.45, 7) is 5.30. The largest absolute Gasteiger partial charge is 0.444 e. The Hall–Kier alpha value is -1.61.